The molecule has 40 heavy (non-hydrogen) atoms. The van der Waals surface area contributed by atoms with E-state index < -0.39 is 35.7 Å². The number of amides is 2. The van der Waals surface area contributed by atoms with E-state index >= 15 is 0 Å². The molecule has 3 N–H and O–H groups in total. The Morgan fingerprint density at radius 3 is 2.73 bits per heavy atom. The molecule has 3 heterocycles. The Hall–Kier alpha value is -4.32. The summed E-state index contributed by atoms with van der Waals surface area (Å²) in [6.07, 6.45) is 11.8. The number of rotatable bonds is 7. The van der Waals surface area contributed by atoms with E-state index in [2.05, 4.69) is 33.2 Å². The van der Waals surface area contributed by atoms with Crippen molar-refractivity contribution in [1.82, 2.24) is 30.2 Å². The molecule has 12 heteroatoms. The highest BCUT2D eigenvalue weighted by atomic mass is 19.2. The molecule has 210 valence electrons. The molecule has 1 aliphatic heterocycles. The van der Waals surface area contributed by atoms with Crippen molar-refractivity contribution >= 4 is 23.5 Å². The zero-order chi connectivity index (χ0) is 28.4. The molecular weight excluding hydrogens is 520 g/mol. The van der Waals surface area contributed by atoms with Crippen LogP contribution in [0.2, 0.25) is 0 Å². The van der Waals surface area contributed by atoms with Crippen LogP contribution in [0.15, 0.2) is 48.8 Å². The maximum absolute atomic E-state index is 14.0. The Labute approximate surface area is 230 Å². The van der Waals surface area contributed by atoms with Gasteiger partial charge in [0.05, 0.1) is 19.0 Å². The highest BCUT2D eigenvalue weighted by molar-refractivity contribution is 5.91. The fourth-order valence-electron chi connectivity index (χ4n) is 5.22. The summed E-state index contributed by atoms with van der Waals surface area (Å²) < 4.78 is 35.8. The molecule has 0 spiro atoms. The molecule has 0 bridgehead atoms. The third-order valence-corrected chi connectivity index (χ3v) is 7.26. The van der Waals surface area contributed by atoms with Gasteiger partial charge < -0.3 is 10.1 Å². The molecule has 1 aliphatic carbocycles. The SMILES string of the molecule is COC(=O)C1C[C@@H](CNC(=O)Nc2c(C)c(-c3cnn(C)c3)nn2C2=CCCC=C2)[C@H](c2ccc(F)c(F)c2)N1. The topological polar surface area (TPSA) is 115 Å². The van der Waals surface area contributed by atoms with E-state index in [1.807, 2.05) is 26.2 Å². The lowest BCUT2D eigenvalue weighted by Gasteiger charge is -2.21. The van der Waals surface area contributed by atoms with Gasteiger partial charge in [-0.1, -0.05) is 18.2 Å². The van der Waals surface area contributed by atoms with Crippen molar-refractivity contribution in [3.05, 3.63) is 71.6 Å². The Morgan fingerprint density at radius 1 is 1.23 bits per heavy atom. The zero-order valence-corrected chi connectivity index (χ0v) is 22.4. The van der Waals surface area contributed by atoms with Crippen LogP contribution in [0, 0.1) is 24.5 Å². The standard InChI is InChI=1S/C28H31F2N7O3/c1-16-24(19-14-32-36(2)15-19)35-37(20-7-5-4-6-8-20)26(16)34-28(39)31-13-18-12-23(27(38)40-3)33-25(18)17-9-10-21(29)22(30)11-17/h5,7-11,14-15,18,23,25,33H,4,6,12-13H2,1-3H3,(H2,31,34,39)/t18-,23?,25-/m0/s1. The van der Waals surface area contributed by atoms with Crippen LogP contribution in [0.3, 0.4) is 0 Å². The highest BCUT2D eigenvalue weighted by Crippen LogP contribution is 2.34. The number of halogens is 2. The number of aryl methyl sites for hydroxylation is 1. The minimum absolute atomic E-state index is 0.168. The van der Waals surface area contributed by atoms with E-state index in [4.69, 9.17) is 9.84 Å². The molecule has 1 aromatic carbocycles. The number of nitrogens with zero attached hydrogens (tertiary/aromatic N) is 4. The summed E-state index contributed by atoms with van der Waals surface area (Å²) in [4.78, 5) is 25.4. The van der Waals surface area contributed by atoms with Crippen LogP contribution in [0.5, 0.6) is 0 Å². The first-order valence-electron chi connectivity index (χ1n) is 13.0. The van der Waals surface area contributed by atoms with E-state index in [-0.39, 0.29) is 12.5 Å². The summed E-state index contributed by atoms with van der Waals surface area (Å²) in [6.45, 7) is 2.05. The summed E-state index contributed by atoms with van der Waals surface area (Å²) in [7, 11) is 3.11. The number of aromatic nitrogens is 4. The van der Waals surface area contributed by atoms with Gasteiger partial charge in [0.15, 0.2) is 11.6 Å². The molecule has 1 unspecified atom stereocenters. The van der Waals surface area contributed by atoms with Crippen molar-refractivity contribution in [2.45, 2.75) is 38.3 Å². The lowest BCUT2D eigenvalue weighted by molar-refractivity contribution is -0.142. The Balaban J connectivity index is 1.36. The number of hydrogen-bond acceptors (Lipinski definition) is 6. The number of esters is 1. The van der Waals surface area contributed by atoms with Gasteiger partial charge >= 0.3 is 12.0 Å². The normalized spacial score (nSPS) is 20.3. The molecule has 5 rings (SSSR count). The third-order valence-electron chi connectivity index (χ3n) is 7.26. The first kappa shape index (κ1) is 27.3. The van der Waals surface area contributed by atoms with Crippen molar-refractivity contribution in [3.63, 3.8) is 0 Å². The summed E-state index contributed by atoms with van der Waals surface area (Å²) in [5, 5.41) is 18.0. The molecule has 2 amide bonds. The Bertz CT molecular complexity index is 1490. The number of carbonyl (C=O) groups is 2. The van der Waals surface area contributed by atoms with Gasteiger partial charge in [0.2, 0.25) is 0 Å². The average molecular weight is 552 g/mol. The van der Waals surface area contributed by atoms with Gasteiger partial charge in [0, 0.05) is 37.0 Å². The predicted octanol–water partition coefficient (Wildman–Crippen LogP) is 4.08. The van der Waals surface area contributed by atoms with E-state index in [0.29, 0.717) is 23.5 Å². The van der Waals surface area contributed by atoms with Gasteiger partial charge in [-0.15, -0.1) is 0 Å². The van der Waals surface area contributed by atoms with Crippen molar-refractivity contribution < 1.29 is 23.1 Å². The maximum Gasteiger partial charge on any atom is 0.322 e. The van der Waals surface area contributed by atoms with Crippen molar-refractivity contribution in [3.8, 4) is 11.3 Å². The molecule has 1 fully saturated rings. The van der Waals surface area contributed by atoms with Crippen molar-refractivity contribution in [2.75, 3.05) is 19.0 Å². The molecule has 3 aromatic rings. The van der Waals surface area contributed by atoms with Crippen LogP contribution in [0.1, 0.15) is 36.4 Å². The van der Waals surface area contributed by atoms with E-state index in [9.17, 15) is 18.4 Å². The number of benzene rings is 1. The monoisotopic (exact) mass is 551 g/mol. The number of allylic oxidation sites excluding steroid dienone is 4. The molecule has 0 saturated carbocycles. The lowest BCUT2D eigenvalue weighted by atomic mass is 9.93. The summed E-state index contributed by atoms with van der Waals surface area (Å²) in [6, 6.07) is 2.01. The maximum atomic E-state index is 14.0. The lowest BCUT2D eigenvalue weighted by Crippen LogP contribution is -2.35. The summed E-state index contributed by atoms with van der Waals surface area (Å²) in [5.74, 6) is -2.18. The number of hydrogen-bond donors (Lipinski definition) is 3. The molecule has 1 saturated heterocycles. The van der Waals surface area contributed by atoms with Crippen LogP contribution < -0.4 is 16.0 Å². The average Bonchev–Trinajstić information content (AvgIpc) is 3.66. The zero-order valence-electron chi connectivity index (χ0n) is 22.4. The smallest absolute Gasteiger partial charge is 0.322 e. The quantitative estimate of drug-likeness (QED) is 0.382. The minimum Gasteiger partial charge on any atom is -0.468 e. The first-order valence-corrected chi connectivity index (χ1v) is 13.0. The van der Waals surface area contributed by atoms with Gasteiger partial charge in [-0.3, -0.25) is 20.1 Å². The van der Waals surface area contributed by atoms with Crippen molar-refractivity contribution in [2.24, 2.45) is 13.0 Å². The summed E-state index contributed by atoms with van der Waals surface area (Å²) >= 11 is 0. The number of carbonyl (C=O) groups excluding carboxylic acids is 2. The van der Waals surface area contributed by atoms with Crippen LogP contribution >= 0.6 is 0 Å². The van der Waals surface area contributed by atoms with Gasteiger partial charge in [-0.2, -0.15) is 10.2 Å². The number of urea groups is 1. The number of anilines is 1. The van der Waals surface area contributed by atoms with Crippen molar-refractivity contribution in [1.29, 1.82) is 0 Å². The van der Waals surface area contributed by atoms with E-state index in [1.54, 1.807) is 15.6 Å². The van der Waals surface area contributed by atoms with Crippen LogP contribution in [0.25, 0.3) is 17.0 Å². The Morgan fingerprint density at radius 2 is 2.05 bits per heavy atom. The molecule has 0 radical (unpaired) electrons. The molecule has 2 aliphatic rings. The molecule has 3 atom stereocenters. The minimum atomic E-state index is -0.982. The predicted molar refractivity (Wildman–Crippen MR) is 145 cm³/mol. The number of nitrogens with one attached hydrogen (secondary N) is 3. The number of ether oxygens (including phenoxy) is 1. The fourth-order valence-corrected chi connectivity index (χ4v) is 5.22. The molecular formula is C28H31F2N7O3. The van der Waals surface area contributed by atoms with E-state index in [1.165, 1.54) is 13.2 Å². The van der Waals surface area contributed by atoms with Gasteiger partial charge in [0.1, 0.15) is 17.6 Å². The molecule has 10 nitrogen and oxygen atoms in total. The second-order valence-electron chi connectivity index (χ2n) is 9.97. The third kappa shape index (κ3) is 5.53. The fraction of sp³-hybridized carbons (Fsp3) is 0.357. The van der Waals surface area contributed by atoms with Gasteiger partial charge in [-0.05, 0) is 55.9 Å². The second-order valence-corrected chi connectivity index (χ2v) is 9.97. The first-order chi connectivity index (χ1) is 19.2. The van der Waals surface area contributed by atoms with Crippen LogP contribution in [-0.4, -0.2) is 51.3 Å². The Kier molecular flexibility index (Phi) is 7.78. The van der Waals surface area contributed by atoms with Crippen LogP contribution in [-0.2, 0) is 16.6 Å². The van der Waals surface area contributed by atoms with E-state index in [0.717, 1.165) is 41.8 Å². The number of methoxy groups -OCH3 is 1. The second kappa shape index (κ2) is 11.4. The summed E-state index contributed by atoms with van der Waals surface area (Å²) in [5.41, 5.74) is 3.61. The largest absolute Gasteiger partial charge is 0.468 e. The van der Waals surface area contributed by atoms with Gasteiger partial charge in [-0.25, -0.2) is 18.3 Å². The molecule has 2 aromatic heterocycles. The van der Waals surface area contributed by atoms with Gasteiger partial charge in [0.25, 0.3) is 0 Å². The highest BCUT2D eigenvalue weighted by Gasteiger charge is 2.39. The van der Waals surface area contributed by atoms with Crippen LogP contribution in [0.4, 0.5) is 19.4 Å².